The van der Waals surface area contributed by atoms with E-state index in [9.17, 15) is 4.79 Å². The molecule has 1 amide bonds. The van der Waals surface area contributed by atoms with Crippen LogP contribution < -0.4 is 11.1 Å². The van der Waals surface area contributed by atoms with Crippen molar-refractivity contribution in [2.75, 3.05) is 25.0 Å². The lowest BCUT2D eigenvalue weighted by molar-refractivity contribution is -0.117. The lowest BCUT2D eigenvalue weighted by Crippen LogP contribution is -2.43. The van der Waals surface area contributed by atoms with Gasteiger partial charge >= 0.3 is 0 Å². The Morgan fingerprint density at radius 3 is 2.89 bits per heavy atom. The molecule has 0 spiro atoms. The smallest absolute Gasteiger partial charge is 0.238 e. The van der Waals surface area contributed by atoms with Crippen molar-refractivity contribution in [3.05, 3.63) is 29.8 Å². The first-order valence-corrected chi connectivity index (χ1v) is 6.45. The molecule has 5 nitrogen and oxygen atoms in total. The van der Waals surface area contributed by atoms with Crippen LogP contribution >= 0.6 is 0 Å². The van der Waals surface area contributed by atoms with Crippen LogP contribution in [0.5, 0.6) is 0 Å². The second-order valence-corrected chi connectivity index (χ2v) is 4.85. The van der Waals surface area contributed by atoms with Crippen molar-refractivity contribution >= 4 is 11.6 Å². The number of benzene rings is 1. The number of nitrogens with zero attached hydrogens (tertiary/aromatic N) is 2. The molecule has 1 aliphatic rings. The van der Waals surface area contributed by atoms with Crippen LogP contribution in [0.4, 0.5) is 5.69 Å². The standard InChI is InChI=1S/C14H18N4O/c15-9-11-2-1-3-13(8-11)17-14(19)10-18-6-4-12(16)5-7-18/h1-3,8,12H,4-7,10,16H2,(H,17,19). The molecule has 0 atom stereocenters. The molecule has 3 N–H and O–H groups in total. The van der Waals surface area contributed by atoms with Gasteiger partial charge in [-0.15, -0.1) is 0 Å². The van der Waals surface area contributed by atoms with Gasteiger partial charge in [0.2, 0.25) is 5.91 Å². The summed E-state index contributed by atoms with van der Waals surface area (Å²) in [6.45, 7) is 2.11. The molecule has 1 heterocycles. The minimum absolute atomic E-state index is 0.0504. The van der Waals surface area contributed by atoms with Crippen LogP contribution in [0.3, 0.4) is 0 Å². The van der Waals surface area contributed by atoms with E-state index in [2.05, 4.69) is 16.3 Å². The second kappa shape index (κ2) is 6.32. The molecule has 1 aromatic rings. The minimum atomic E-state index is -0.0504. The van der Waals surface area contributed by atoms with E-state index in [1.165, 1.54) is 0 Å². The fraction of sp³-hybridized carbons (Fsp3) is 0.429. The molecule has 1 aromatic carbocycles. The molecule has 0 unspecified atom stereocenters. The maximum Gasteiger partial charge on any atom is 0.238 e. The highest BCUT2D eigenvalue weighted by Crippen LogP contribution is 2.11. The van der Waals surface area contributed by atoms with E-state index in [1.807, 2.05) is 0 Å². The highest BCUT2D eigenvalue weighted by molar-refractivity contribution is 5.92. The van der Waals surface area contributed by atoms with Gasteiger partial charge in [0.25, 0.3) is 0 Å². The highest BCUT2D eigenvalue weighted by atomic mass is 16.2. The van der Waals surface area contributed by atoms with E-state index in [4.69, 9.17) is 11.0 Å². The average Bonchev–Trinajstić information content (AvgIpc) is 2.41. The lowest BCUT2D eigenvalue weighted by Gasteiger charge is -2.29. The fourth-order valence-electron chi connectivity index (χ4n) is 2.18. The summed E-state index contributed by atoms with van der Waals surface area (Å²) in [5, 5.41) is 11.6. The molecule has 0 saturated carbocycles. The van der Waals surface area contributed by atoms with Crippen LogP contribution in [-0.2, 0) is 4.79 Å². The number of anilines is 1. The van der Waals surface area contributed by atoms with Crippen LogP contribution in [-0.4, -0.2) is 36.5 Å². The van der Waals surface area contributed by atoms with Crippen LogP contribution in [0.25, 0.3) is 0 Å². The first-order chi connectivity index (χ1) is 9.17. The third-order valence-corrected chi connectivity index (χ3v) is 3.27. The molecule has 0 aliphatic carbocycles. The zero-order valence-corrected chi connectivity index (χ0v) is 10.8. The fourth-order valence-corrected chi connectivity index (χ4v) is 2.18. The topological polar surface area (TPSA) is 82.2 Å². The molecule has 1 saturated heterocycles. The lowest BCUT2D eigenvalue weighted by atomic mass is 10.1. The SMILES string of the molecule is N#Cc1cccc(NC(=O)CN2CCC(N)CC2)c1. The Morgan fingerprint density at radius 2 is 2.21 bits per heavy atom. The van der Waals surface area contributed by atoms with Gasteiger partial charge in [-0.2, -0.15) is 5.26 Å². The van der Waals surface area contributed by atoms with Gasteiger partial charge in [-0.05, 0) is 31.0 Å². The van der Waals surface area contributed by atoms with Gasteiger partial charge in [0.05, 0.1) is 18.2 Å². The van der Waals surface area contributed by atoms with Crippen LogP contribution in [0.1, 0.15) is 18.4 Å². The molecule has 100 valence electrons. The Balaban J connectivity index is 1.85. The van der Waals surface area contributed by atoms with E-state index >= 15 is 0 Å². The summed E-state index contributed by atoms with van der Waals surface area (Å²) in [5.41, 5.74) is 7.03. The number of likely N-dealkylation sites (tertiary alicyclic amines) is 1. The van der Waals surface area contributed by atoms with Crippen molar-refractivity contribution in [3.63, 3.8) is 0 Å². The van der Waals surface area contributed by atoms with Crippen molar-refractivity contribution in [3.8, 4) is 6.07 Å². The zero-order valence-electron chi connectivity index (χ0n) is 10.8. The maximum absolute atomic E-state index is 11.9. The molecular weight excluding hydrogens is 240 g/mol. The number of carbonyl (C=O) groups excluding carboxylic acids is 1. The summed E-state index contributed by atoms with van der Waals surface area (Å²) >= 11 is 0. The third-order valence-electron chi connectivity index (χ3n) is 3.27. The number of hydrogen-bond acceptors (Lipinski definition) is 4. The normalized spacial score (nSPS) is 16.8. The maximum atomic E-state index is 11.9. The van der Waals surface area contributed by atoms with Gasteiger partial charge < -0.3 is 11.1 Å². The molecule has 0 bridgehead atoms. The molecule has 1 aliphatic heterocycles. The molecule has 2 rings (SSSR count). The van der Waals surface area contributed by atoms with Crippen molar-refractivity contribution in [2.45, 2.75) is 18.9 Å². The minimum Gasteiger partial charge on any atom is -0.328 e. The van der Waals surface area contributed by atoms with Gasteiger partial charge in [-0.3, -0.25) is 9.69 Å². The van der Waals surface area contributed by atoms with Crippen LogP contribution in [0.2, 0.25) is 0 Å². The van der Waals surface area contributed by atoms with Crippen LogP contribution in [0.15, 0.2) is 24.3 Å². The molecule has 0 radical (unpaired) electrons. The average molecular weight is 258 g/mol. The second-order valence-electron chi connectivity index (χ2n) is 4.85. The summed E-state index contributed by atoms with van der Waals surface area (Å²) in [6, 6.07) is 9.24. The van der Waals surface area contributed by atoms with Crippen molar-refractivity contribution in [1.29, 1.82) is 5.26 Å². The number of nitriles is 1. The first kappa shape index (κ1) is 13.5. The van der Waals surface area contributed by atoms with E-state index in [-0.39, 0.29) is 11.9 Å². The van der Waals surface area contributed by atoms with Crippen molar-refractivity contribution in [2.24, 2.45) is 5.73 Å². The van der Waals surface area contributed by atoms with Gasteiger partial charge in [-0.1, -0.05) is 6.07 Å². The monoisotopic (exact) mass is 258 g/mol. The summed E-state index contributed by atoms with van der Waals surface area (Å²) < 4.78 is 0. The van der Waals surface area contributed by atoms with Gasteiger partial charge in [0.1, 0.15) is 0 Å². The first-order valence-electron chi connectivity index (χ1n) is 6.45. The van der Waals surface area contributed by atoms with E-state index in [1.54, 1.807) is 24.3 Å². The number of piperidine rings is 1. The molecular formula is C14H18N4O. The Labute approximate surface area is 113 Å². The summed E-state index contributed by atoms with van der Waals surface area (Å²) in [6.07, 6.45) is 1.88. The van der Waals surface area contributed by atoms with E-state index in [0.717, 1.165) is 25.9 Å². The van der Waals surface area contributed by atoms with Gasteiger partial charge in [0, 0.05) is 24.8 Å². The third kappa shape index (κ3) is 4.05. The molecule has 1 fully saturated rings. The Morgan fingerprint density at radius 1 is 1.47 bits per heavy atom. The largest absolute Gasteiger partial charge is 0.328 e. The predicted molar refractivity (Wildman–Crippen MR) is 73.4 cm³/mol. The predicted octanol–water partition coefficient (Wildman–Crippen LogP) is 0.920. The molecule has 19 heavy (non-hydrogen) atoms. The number of amides is 1. The zero-order chi connectivity index (χ0) is 13.7. The number of nitrogens with two attached hydrogens (primary N) is 1. The van der Waals surface area contributed by atoms with Gasteiger partial charge in [0.15, 0.2) is 0 Å². The van der Waals surface area contributed by atoms with E-state index < -0.39 is 0 Å². The molecule has 5 heteroatoms. The highest BCUT2D eigenvalue weighted by Gasteiger charge is 2.18. The quantitative estimate of drug-likeness (QED) is 0.844. The van der Waals surface area contributed by atoms with Crippen molar-refractivity contribution < 1.29 is 4.79 Å². The van der Waals surface area contributed by atoms with Gasteiger partial charge in [-0.25, -0.2) is 0 Å². The summed E-state index contributed by atoms with van der Waals surface area (Å²) in [4.78, 5) is 14.0. The van der Waals surface area contributed by atoms with Crippen LogP contribution in [0, 0.1) is 11.3 Å². The number of carbonyl (C=O) groups is 1. The Kier molecular flexibility index (Phi) is 4.50. The number of hydrogen-bond donors (Lipinski definition) is 2. The number of nitrogens with one attached hydrogen (secondary N) is 1. The molecule has 0 aromatic heterocycles. The van der Waals surface area contributed by atoms with Crippen molar-refractivity contribution in [1.82, 2.24) is 4.90 Å². The Bertz CT molecular complexity index is 486. The van der Waals surface area contributed by atoms with E-state index in [0.29, 0.717) is 17.8 Å². The summed E-state index contributed by atoms with van der Waals surface area (Å²) in [5.74, 6) is -0.0504. The summed E-state index contributed by atoms with van der Waals surface area (Å²) in [7, 11) is 0. The number of rotatable bonds is 3. The Hall–Kier alpha value is -1.90.